The molecule has 1 aliphatic rings. The molecule has 4 rings (SSSR count). The Bertz CT molecular complexity index is 1150. The van der Waals surface area contributed by atoms with Crippen LogP contribution in [-0.4, -0.2) is 58.5 Å². The maximum atomic E-state index is 14.1. The Kier molecular flexibility index (Phi) is 7.23. The van der Waals surface area contributed by atoms with Crippen molar-refractivity contribution in [3.63, 3.8) is 0 Å². The van der Waals surface area contributed by atoms with Crippen LogP contribution in [0.4, 0.5) is 27.5 Å². The van der Waals surface area contributed by atoms with E-state index in [2.05, 4.69) is 30.8 Å². The molecule has 3 heterocycles. The molecule has 0 radical (unpaired) electrons. The third-order valence-electron chi connectivity index (χ3n) is 5.25. The number of halogens is 1. The van der Waals surface area contributed by atoms with Crippen molar-refractivity contribution < 1.29 is 19.0 Å². The maximum Gasteiger partial charge on any atom is 0.310 e. The molecule has 1 unspecified atom stereocenters. The van der Waals surface area contributed by atoms with E-state index in [0.717, 1.165) is 23.1 Å². The monoisotopic (exact) mass is 465 g/mol. The number of aliphatic carboxylic acids is 1. The molecule has 0 aliphatic carbocycles. The second kappa shape index (κ2) is 10.7. The van der Waals surface area contributed by atoms with E-state index in [1.807, 2.05) is 23.1 Å². The van der Waals surface area contributed by atoms with Crippen molar-refractivity contribution in [3.8, 4) is 0 Å². The fraction of sp³-hybridized carbons (Fsp3) is 0.261. The van der Waals surface area contributed by atoms with Gasteiger partial charge in [0.15, 0.2) is 11.6 Å². The molecule has 3 aromatic rings. The van der Waals surface area contributed by atoms with Gasteiger partial charge < -0.3 is 20.1 Å². The molecule has 176 valence electrons. The molecule has 0 amide bonds. The topological polar surface area (TPSA) is 125 Å². The SMILES string of the molecule is CC(C(=O)O)c1ccc(Nc2ccc(/C=N/Nc3ncc(F)c(N4CCOCC4)n3)nc2)cc1. The number of morpholine rings is 1. The van der Waals surface area contributed by atoms with Crippen molar-refractivity contribution >= 4 is 35.3 Å². The third-order valence-corrected chi connectivity index (χ3v) is 5.25. The summed E-state index contributed by atoms with van der Waals surface area (Å²) < 4.78 is 19.4. The van der Waals surface area contributed by atoms with Gasteiger partial charge in [0.2, 0.25) is 5.95 Å². The predicted molar refractivity (Wildman–Crippen MR) is 126 cm³/mol. The average molecular weight is 465 g/mol. The van der Waals surface area contributed by atoms with E-state index in [9.17, 15) is 9.18 Å². The minimum atomic E-state index is -0.861. The number of aromatic nitrogens is 3. The van der Waals surface area contributed by atoms with Crippen LogP contribution in [-0.2, 0) is 9.53 Å². The lowest BCUT2D eigenvalue weighted by atomic mass is 10.0. The van der Waals surface area contributed by atoms with E-state index < -0.39 is 17.7 Å². The van der Waals surface area contributed by atoms with Gasteiger partial charge in [0.1, 0.15) is 0 Å². The molecule has 0 bridgehead atoms. The van der Waals surface area contributed by atoms with Gasteiger partial charge in [-0.15, -0.1) is 0 Å². The molecule has 1 saturated heterocycles. The lowest BCUT2D eigenvalue weighted by Crippen LogP contribution is -2.37. The number of carboxylic acid groups (broad SMARTS) is 1. The van der Waals surface area contributed by atoms with Crippen LogP contribution in [0, 0.1) is 5.82 Å². The molecule has 3 N–H and O–H groups in total. The van der Waals surface area contributed by atoms with Gasteiger partial charge in [0.25, 0.3) is 0 Å². The molecular weight excluding hydrogens is 441 g/mol. The van der Waals surface area contributed by atoms with E-state index in [-0.39, 0.29) is 11.8 Å². The summed E-state index contributed by atoms with van der Waals surface area (Å²) in [5.74, 6) is -1.52. The fourth-order valence-electron chi connectivity index (χ4n) is 3.29. The summed E-state index contributed by atoms with van der Waals surface area (Å²) in [5.41, 5.74) is 5.61. The van der Waals surface area contributed by atoms with Crippen molar-refractivity contribution in [1.82, 2.24) is 15.0 Å². The van der Waals surface area contributed by atoms with Gasteiger partial charge >= 0.3 is 5.97 Å². The van der Waals surface area contributed by atoms with Crippen LogP contribution in [0.25, 0.3) is 0 Å². The Balaban J connectivity index is 1.34. The molecule has 2 aromatic heterocycles. The van der Waals surface area contributed by atoms with E-state index in [1.165, 1.54) is 6.21 Å². The summed E-state index contributed by atoms with van der Waals surface area (Å²) in [7, 11) is 0. The highest BCUT2D eigenvalue weighted by Gasteiger charge is 2.17. The van der Waals surface area contributed by atoms with E-state index in [4.69, 9.17) is 9.84 Å². The van der Waals surface area contributed by atoms with Crippen LogP contribution in [0.2, 0.25) is 0 Å². The van der Waals surface area contributed by atoms with Gasteiger partial charge in [-0.1, -0.05) is 12.1 Å². The van der Waals surface area contributed by atoms with E-state index >= 15 is 0 Å². The predicted octanol–water partition coefficient (Wildman–Crippen LogP) is 3.23. The number of hydrogen-bond donors (Lipinski definition) is 3. The largest absolute Gasteiger partial charge is 0.481 e. The highest BCUT2D eigenvalue weighted by molar-refractivity contribution is 5.78. The van der Waals surface area contributed by atoms with Crippen molar-refractivity contribution in [2.24, 2.45) is 5.10 Å². The number of hydrazone groups is 1. The Labute approximate surface area is 195 Å². The lowest BCUT2D eigenvalue weighted by Gasteiger charge is -2.27. The maximum absolute atomic E-state index is 14.1. The normalized spacial score (nSPS) is 14.7. The summed E-state index contributed by atoms with van der Waals surface area (Å²) in [6.45, 7) is 3.82. The number of rotatable bonds is 8. The van der Waals surface area contributed by atoms with Gasteiger partial charge in [-0.25, -0.2) is 14.8 Å². The first-order valence-corrected chi connectivity index (χ1v) is 10.7. The Hall–Kier alpha value is -4.12. The molecule has 34 heavy (non-hydrogen) atoms. The average Bonchev–Trinajstić information content (AvgIpc) is 2.86. The van der Waals surface area contributed by atoms with Gasteiger partial charge in [0, 0.05) is 18.8 Å². The lowest BCUT2D eigenvalue weighted by molar-refractivity contribution is -0.138. The van der Waals surface area contributed by atoms with Gasteiger partial charge in [-0.3, -0.25) is 9.78 Å². The zero-order chi connectivity index (χ0) is 23.9. The van der Waals surface area contributed by atoms with Gasteiger partial charge in [-0.2, -0.15) is 10.1 Å². The Morgan fingerprint density at radius 1 is 1.15 bits per heavy atom. The summed E-state index contributed by atoms with van der Waals surface area (Å²) in [5, 5.41) is 16.4. The highest BCUT2D eigenvalue weighted by Crippen LogP contribution is 2.21. The smallest absolute Gasteiger partial charge is 0.310 e. The van der Waals surface area contributed by atoms with Crippen LogP contribution < -0.4 is 15.6 Å². The van der Waals surface area contributed by atoms with E-state index in [1.54, 1.807) is 31.3 Å². The minimum absolute atomic E-state index is 0.179. The van der Waals surface area contributed by atoms with Gasteiger partial charge in [0.05, 0.1) is 49.1 Å². The minimum Gasteiger partial charge on any atom is -0.481 e. The Morgan fingerprint density at radius 2 is 1.88 bits per heavy atom. The van der Waals surface area contributed by atoms with Crippen molar-refractivity contribution in [3.05, 3.63) is 65.9 Å². The number of carboxylic acids is 1. The first-order valence-electron chi connectivity index (χ1n) is 10.7. The molecule has 1 atom stereocenters. The molecule has 1 aliphatic heterocycles. The first-order chi connectivity index (χ1) is 16.5. The van der Waals surface area contributed by atoms with Crippen LogP contribution in [0.5, 0.6) is 0 Å². The molecule has 10 nitrogen and oxygen atoms in total. The van der Waals surface area contributed by atoms with Crippen molar-refractivity contribution in [1.29, 1.82) is 0 Å². The number of nitrogens with zero attached hydrogens (tertiary/aromatic N) is 5. The molecule has 0 spiro atoms. The molecule has 0 saturated carbocycles. The molecule has 1 aromatic carbocycles. The number of hydrogen-bond acceptors (Lipinski definition) is 9. The quantitative estimate of drug-likeness (QED) is 0.340. The van der Waals surface area contributed by atoms with Crippen LogP contribution in [0.1, 0.15) is 24.1 Å². The fourth-order valence-corrected chi connectivity index (χ4v) is 3.29. The van der Waals surface area contributed by atoms with Crippen molar-refractivity contribution in [2.45, 2.75) is 12.8 Å². The van der Waals surface area contributed by atoms with E-state index in [0.29, 0.717) is 32.0 Å². The van der Waals surface area contributed by atoms with Crippen LogP contribution in [0.15, 0.2) is 53.9 Å². The summed E-state index contributed by atoms with van der Waals surface area (Å²) in [6, 6.07) is 10.8. The number of pyridine rings is 1. The molecule has 1 fully saturated rings. The molecular formula is C23H24FN7O3. The third kappa shape index (κ3) is 5.81. The summed E-state index contributed by atoms with van der Waals surface area (Å²) in [4.78, 5) is 25.4. The second-order valence-electron chi connectivity index (χ2n) is 7.61. The van der Waals surface area contributed by atoms with Crippen molar-refractivity contribution in [2.75, 3.05) is 41.9 Å². The Morgan fingerprint density at radius 3 is 2.56 bits per heavy atom. The standard InChI is InChI=1S/C23H24FN7O3/c1-15(22(32)33)16-2-4-17(5-3-16)28-19-7-6-18(25-12-19)13-27-30-23-26-14-20(24)21(29-23)31-8-10-34-11-9-31/h2-7,12-15,28H,8-11H2,1H3,(H,32,33)(H,26,29,30)/b27-13+. The number of benzene rings is 1. The molecule has 11 heteroatoms. The number of carbonyl (C=O) groups is 1. The number of nitrogens with one attached hydrogen (secondary N) is 2. The number of ether oxygens (including phenoxy) is 1. The summed E-state index contributed by atoms with van der Waals surface area (Å²) in [6.07, 6.45) is 4.27. The van der Waals surface area contributed by atoms with Gasteiger partial charge in [-0.05, 0) is 36.8 Å². The first kappa shape index (κ1) is 23.1. The highest BCUT2D eigenvalue weighted by atomic mass is 19.1. The van der Waals surface area contributed by atoms with Crippen LogP contribution in [0.3, 0.4) is 0 Å². The zero-order valence-corrected chi connectivity index (χ0v) is 18.5. The number of anilines is 4. The van der Waals surface area contributed by atoms with Crippen LogP contribution >= 0.6 is 0 Å². The zero-order valence-electron chi connectivity index (χ0n) is 18.5. The summed E-state index contributed by atoms with van der Waals surface area (Å²) >= 11 is 0. The second-order valence-corrected chi connectivity index (χ2v) is 7.61.